The van der Waals surface area contributed by atoms with Gasteiger partial charge in [0.05, 0.1) is 5.60 Å². The fraction of sp³-hybridized carbons (Fsp3) is 0.720. The van der Waals surface area contributed by atoms with Gasteiger partial charge in [-0.25, -0.2) is 0 Å². The van der Waals surface area contributed by atoms with Crippen molar-refractivity contribution in [1.82, 2.24) is 0 Å². The zero-order valence-electron chi connectivity index (χ0n) is 17.3. The molecule has 3 fully saturated rings. The summed E-state index contributed by atoms with van der Waals surface area (Å²) in [6, 6.07) is 6.00. The summed E-state index contributed by atoms with van der Waals surface area (Å²) in [5.41, 5.74) is 1.86. The second-order valence-electron chi connectivity index (χ2n) is 10.5. The third kappa shape index (κ3) is 2.41. The molecule has 0 amide bonds. The average Bonchev–Trinajstić information content (AvgIpc) is 2.88. The van der Waals surface area contributed by atoms with E-state index in [1.54, 1.807) is 0 Å². The van der Waals surface area contributed by atoms with E-state index in [1.165, 1.54) is 24.0 Å². The number of carbonyl (C=O) groups excluding carboxylic acids is 1. The maximum Gasteiger partial charge on any atom is 0.135 e. The number of ketones is 1. The van der Waals surface area contributed by atoms with Crippen molar-refractivity contribution < 1.29 is 15.0 Å². The Kier molecular flexibility index (Phi) is 4.21. The predicted molar refractivity (Wildman–Crippen MR) is 109 cm³/mol. The quantitative estimate of drug-likeness (QED) is 0.758. The normalized spacial score (nSPS) is 44.4. The molecule has 1 aromatic rings. The van der Waals surface area contributed by atoms with E-state index in [2.05, 4.69) is 19.9 Å². The van der Waals surface area contributed by atoms with Gasteiger partial charge in [0.15, 0.2) is 0 Å². The van der Waals surface area contributed by atoms with Gasteiger partial charge in [-0.05, 0) is 85.0 Å². The highest BCUT2D eigenvalue weighted by molar-refractivity contribution is 5.80. The molecule has 7 atom stereocenters. The minimum absolute atomic E-state index is 0.130. The summed E-state index contributed by atoms with van der Waals surface area (Å²) in [6.45, 7) is 4.58. The molecule has 0 radical (unpaired) electrons. The van der Waals surface area contributed by atoms with E-state index in [0.717, 1.165) is 32.1 Å². The van der Waals surface area contributed by atoms with Gasteiger partial charge < -0.3 is 10.2 Å². The Morgan fingerprint density at radius 2 is 2.07 bits per heavy atom. The molecule has 0 saturated heterocycles. The Bertz CT molecular complexity index is 801. The van der Waals surface area contributed by atoms with Gasteiger partial charge >= 0.3 is 0 Å². The zero-order chi connectivity index (χ0) is 19.7. The van der Waals surface area contributed by atoms with Crippen molar-refractivity contribution in [3.63, 3.8) is 0 Å². The lowest BCUT2D eigenvalue weighted by atomic mass is 9.49. The molecule has 2 N–H and O–H groups in total. The number of aromatic hydroxyl groups is 1. The third-order valence-corrected chi connectivity index (χ3v) is 9.38. The number of rotatable bonds is 2. The molecule has 3 heteroatoms. The topological polar surface area (TPSA) is 57.5 Å². The van der Waals surface area contributed by atoms with E-state index >= 15 is 0 Å². The summed E-state index contributed by atoms with van der Waals surface area (Å²) in [6.07, 6.45) is 8.55. The highest BCUT2D eigenvalue weighted by Crippen LogP contribution is 2.69. The van der Waals surface area contributed by atoms with E-state index < -0.39 is 5.60 Å². The molecule has 3 saturated carbocycles. The highest BCUT2D eigenvalue weighted by Gasteiger charge is 2.67. The zero-order valence-corrected chi connectivity index (χ0v) is 17.3. The second-order valence-corrected chi connectivity index (χ2v) is 10.5. The number of phenolic OH excluding ortho intramolecular Hbond substituents is 1. The van der Waals surface area contributed by atoms with E-state index in [-0.39, 0.29) is 11.2 Å². The maximum absolute atomic E-state index is 12.3. The van der Waals surface area contributed by atoms with Crippen molar-refractivity contribution in [2.45, 2.75) is 83.2 Å². The van der Waals surface area contributed by atoms with Crippen LogP contribution < -0.4 is 0 Å². The summed E-state index contributed by atoms with van der Waals surface area (Å²) in [7, 11) is 0. The van der Waals surface area contributed by atoms with Gasteiger partial charge in [-0.3, -0.25) is 4.79 Å². The molecule has 4 aliphatic carbocycles. The minimum Gasteiger partial charge on any atom is -0.508 e. The number of Topliss-reactive ketones (excluding diaryl/α,β-unsaturated/α-hetero) is 1. The first kappa shape index (κ1) is 18.7. The number of aliphatic hydroxyl groups is 1. The van der Waals surface area contributed by atoms with Gasteiger partial charge in [0, 0.05) is 18.3 Å². The van der Waals surface area contributed by atoms with Crippen molar-refractivity contribution in [2.24, 2.45) is 29.1 Å². The lowest BCUT2D eigenvalue weighted by Gasteiger charge is -2.56. The monoisotopic (exact) mass is 382 g/mol. The SMILES string of the molecule is CCC[C@@H]1Cc2cc(O)ccc2C2CC[C@@]3(C)C(C[C@H]4CCC(=O)C[C@]43O)C21. The first-order valence-corrected chi connectivity index (χ1v) is 11.4. The average molecular weight is 383 g/mol. The summed E-state index contributed by atoms with van der Waals surface area (Å²) in [4.78, 5) is 12.3. The molecule has 152 valence electrons. The molecule has 0 spiro atoms. The number of carbonyl (C=O) groups is 1. The van der Waals surface area contributed by atoms with Crippen molar-refractivity contribution >= 4 is 5.78 Å². The van der Waals surface area contributed by atoms with E-state index in [1.807, 2.05) is 12.1 Å². The first-order valence-electron chi connectivity index (χ1n) is 11.4. The highest BCUT2D eigenvalue weighted by atomic mass is 16.3. The van der Waals surface area contributed by atoms with Crippen LogP contribution in [0.4, 0.5) is 0 Å². The van der Waals surface area contributed by atoms with Crippen LogP contribution in [0.5, 0.6) is 5.75 Å². The van der Waals surface area contributed by atoms with Crippen molar-refractivity contribution in [2.75, 3.05) is 0 Å². The van der Waals surface area contributed by atoms with Crippen LogP contribution in [0, 0.1) is 29.1 Å². The summed E-state index contributed by atoms with van der Waals surface area (Å²) < 4.78 is 0. The predicted octanol–water partition coefficient (Wildman–Crippen LogP) is 4.98. The van der Waals surface area contributed by atoms with Crippen LogP contribution in [0.3, 0.4) is 0 Å². The van der Waals surface area contributed by atoms with Gasteiger partial charge in [-0.15, -0.1) is 0 Å². The Balaban J connectivity index is 1.57. The summed E-state index contributed by atoms with van der Waals surface area (Å²) in [5, 5.41) is 21.8. The molecule has 3 nitrogen and oxygen atoms in total. The fourth-order valence-corrected chi connectivity index (χ4v) is 8.12. The Morgan fingerprint density at radius 1 is 1.25 bits per heavy atom. The van der Waals surface area contributed by atoms with E-state index in [0.29, 0.717) is 48.2 Å². The van der Waals surface area contributed by atoms with Crippen LogP contribution in [0.1, 0.15) is 82.3 Å². The largest absolute Gasteiger partial charge is 0.508 e. The first-order chi connectivity index (χ1) is 13.4. The third-order valence-electron chi connectivity index (χ3n) is 9.38. The van der Waals surface area contributed by atoms with Gasteiger partial charge in [-0.2, -0.15) is 0 Å². The fourth-order valence-electron chi connectivity index (χ4n) is 8.12. The van der Waals surface area contributed by atoms with Gasteiger partial charge in [0.2, 0.25) is 0 Å². The molecule has 0 aromatic heterocycles. The molecular weight excluding hydrogens is 348 g/mol. The van der Waals surface area contributed by atoms with Gasteiger partial charge in [0.25, 0.3) is 0 Å². The van der Waals surface area contributed by atoms with Crippen molar-refractivity contribution in [3.05, 3.63) is 29.3 Å². The van der Waals surface area contributed by atoms with Gasteiger partial charge in [-0.1, -0.05) is 32.8 Å². The molecule has 0 heterocycles. The minimum atomic E-state index is -0.788. The van der Waals surface area contributed by atoms with Crippen LogP contribution in [0.2, 0.25) is 0 Å². The van der Waals surface area contributed by atoms with Crippen LogP contribution in [-0.4, -0.2) is 21.6 Å². The lowest BCUT2D eigenvalue weighted by molar-refractivity contribution is -0.156. The number of benzene rings is 1. The van der Waals surface area contributed by atoms with Crippen molar-refractivity contribution in [3.8, 4) is 5.75 Å². The molecule has 0 aliphatic heterocycles. The van der Waals surface area contributed by atoms with Crippen LogP contribution >= 0.6 is 0 Å². The Labute approximate surface area is 168 Å². The number of hydrogen-bond acceptors (Lipinski definition) is 3. The smallest absolute Gasteiger partial charge is 0.135 e. The number of phenols is 1. The molecular formula is C25H34O3. The van der Waals surface area contributed by atoms with Crippen molar-refractivity contribution in [1.29, 1.82) is 0 Å². The lowest BCUT2D eigenvalue weighted by Crippen LogP contribution is -2.56. The standard InChI is InChI=1S/C25H34O3/c1-3-4-15-11-16-12-18(26)7-8-20(16)21-9-10-24(2)22(23(15)21)13-17-5-6-19(27)14-25(17,24)28/h7-8,12,15,17,21-23,26,28H,3-6,9-11,13-14H2,1-2H3/t15-,17-,21?,22?,23?,24+,25+/m1/s1. The van der Waals surface area contributed by atoms with Crippen LogP contribution in [0.25, 0.3) is 0 Å². The Morgan fingerprint density at radius 3 is 2.86 bits per heavy atom. The molecule has 5 rings (SSSR count). The molecule has 3 unspecified atom stereocenters. The number of hydrogen-bond donors (Lipinski definition) is 2. The van der Waals surface area contributed by atoms with Crippen LogP contribution in [0.15, 0.2) is 18.2 Å². The molecule has 28 heavy (non-hydrogen) atoms. The number of fused-ring (bicyclic) bond motifs is 7. The van der Waals surface area contributed by atoms with Crippen LogP contribution in [-0.2, 0) is 11.2 Å². The second kappa shape index (κ2) is 6.32. The maximum atomic E-state index is 12.3. The van der Waals surface area contributed by atoms with E-state index in [4.69, 9.17) is 0 Å². The summed E-state index contributed by atoms with van der Waals surface area (Å²) >= 11 is 0. The van der Waals surface area contributed by atoms with E-state index in [9.17, 15) is 15.0 Å². The molecule has 0 bridgehead atoms. The molecule has 1 aromatic carbocycles. The molecule has 4 aliphatic rings. The van der Waals surface area contributed by atoms with Gasteiger partial charge in [0.1, 0.15) is 11.5 Å². The Hall–Kier alpha value is -1.35. The summed E-state index contributed by atoms with van der Waals surface area (Å²) in [5.74, 6) is 3.20.